The van der Waals surface area contributed by atoms with Gasteiger partial charge in [-0.15, -0.1) is 11.8 Å². The van der Waals surface area contributed by atoms with Crippen molar-refractivity contribution in [1.82, 2.24) is 0 Å². The van der Waals surface area contributed by atoms with Gasteiger partial charge in [0.1, 0.15) is 17.0 Å². The molecule has 1 unspecified atom stereocenters. The summed E-state index contributed by atoms with van der Waals surface area (Å²) in [5.41, 5.74) is 2.60. The van der Waals surface area contributed by atoms with Gasteiger partial charge in [0.25, 0.3) is 5.91 Å². The van der Waals surface area contributed by atoms with Crippen LogP contribution in [0.5, 0.6) is 0 Å². The minimum Gasteiger partial charge on any atom is -0.322 e. The minimum absolute atomic E-state index is 0.0106. The van der Waals surface area contributed by atoms with Crippen LogP contribution in [0.3, 0.4) is 0 Å². The molecule has 1 aliphatic heterocycles. The van der Waals surface area contributed by atoms with Crippen molar-refractivity contribution in [2.45, 2.75) is 12.3 Å². The highest BCUT2D eigenvalue weighted by Gasteiger charge is 2.37. The molecule has 4 nitrogen and oxygen atoms in total. The van der Waals surface area contributed by atoms with E-state index in [0.717, 1.165) is 17.7 Å². The van der Waals surface area contributed by atoms with Crippen LogP contribution in [0, 0.1) is 18.6 Å². The Morgan fingerprint density at radius 1 is 1.07 bits per heavy atom. The lowest BCUT2D eigenvalue weighted by Gasteiger charge is -2.26. The number of benzene rings is 3. The number of hydrogen-bond acceptors (Lipinski definition) is 3. The fourth-order valence-corrected chi connectivity index (χ4v) is 4.64. The SMILES string of the molecule is Cc1ccccc1C(=O)Nc1ccccc1C1SCC(=O)N1c1ccc(F)cc1F. The van der Waals surface area contributed by atoms with Crippen LogP contribution in [0.25, 0.3) is 0 Å². The molecule has 3 aromatic rings. The second-order valence-electron chi connectivity index (χ2n) is 6.88. The van der Waals surface area contributed by atoms with Gasteiger partial charge in [-0.1, -0.05) is 36.4 Å². The summed E-state index contributed by atoms with van der Waals surface area (Å²) in [5, 5.41) is 2.36. The van der Waals surface area contributed by atoms with Crippen molar-refractivity contribution in [3.8, 4) is 0 Å². The number of halogens is 2. The molecule has 0 aliphatic carbocycles. The zero-order valence-corrected chi connectivity index (χ0v) is 16.9. The van der Waals surface area contributed by atoms with Crippen LogP contribution >= 0.6 is 11.8 Å². The molecular weight excluding hydrogens is 406 g/mol. The highest BCUT2D eigenvalue weighted by atomic mass is 32.2. The molecule has 7 heteroatoms. The van der Waals surface area contributed by atoms with Gasteiger partial charge in [-0.25, -0.2) is 8.78 Å². The largest absolute Gasteiger partial charge is 0.322 e. The van der Waals surface area contributed by atoms with E-state index in [1.807, 2.05) is 19.1 Å². The molecule has 1 atom stereocenters. The third kappa shape index (κ3) is 3.80. The molecule has 1 saturated heterocycles. The Balaban J connectivity index is 1.69. The van der Waals surface area contributed by atoms with Gasteiger partial charge in [0.05, 0.1) is 11.4 Å². The minimum atomic E-state index is -0.808. The number of nitrogens with one attached hydrogen (secondary N) is 1. The van der Waals surface area contributed by atoms with Crippen molar-refractivity contribution in [3.63, 3.8) is 0 Å². The van der Waals surface area contributed by atoms with Crippen LogP contribution in [0.1, 0.15) is 26.9 Å². The van der Waals surface area contributed by atoms with Crippen molar-refractivity contribution in [2.24, 2.45) is 0 Å². The lowest BCUT2D eigenvalue weighted by atomic mass is 10.1. The molecule has 1 aliphatic rings. The smallest absolute Gasteiger partial charge is 0.255 e. The van der Waals surface area contributed by atoms with Gasteiger partial charge in [-0.2, -0.15) is 0 Å². The highest BCUT2D eigenvalue weighted by Crippen LogP contribution is 2.45. The molecule has 0 bridgehead atoms. The van der Waals surface area contributed by atoms with Crippen molar-refractivity contribution < 1.29 is 18.4 Å². The number of rotatable bonds is 4. The fourth-order valence-electron chi connectivity index (χ4n) is 3.43. The van der Waals surface area contributed by atoms with Gasteiger partial charge in [0.15, 0.2) is 0 Å². The zero-order valence-electron chi connectivity index (χ0n) is 16.1. The number of carbonyl (C=O) groups excluding carboxylic acids is 2. The summed E-state index contributed by atoms with van der Waals surface area (Å²) >= 11 is 1.32. The zero-order chi connectivity index (χ0) is 21.3. The summed E-state index contributed by atoms with van der Waals surface area (Å²) in [6.07, 6.45) is 0. The standard InChI is InChI=1S/C23H18F2N2O2S/c1-14-6-2-3-7-16(14)22(29)26-19-9-5-4-8-17(19)23-27(21(28)13-30-23)20-11-10-15(24)12-18(20)25/h2-12,23H,13H2,1H3,(H,26,29). The van der Waals surface area contributed by atoms with Crippen molar-refractivity contribution >= 4 is 35.0 Å². The third-order valence-corrected chi connectivity index (χ3v) is 6.10. The van der Waals surface area contributed by atoms with Crippen LogP contribution < -0.4 is 10.2 Å². The van der Waals surface area contributed by atoms with Crippen LogP contribution in [-0.4, -0.2) is 17.6 Å². The summed E-state index contributed by atoms with van der Waals surface area (Å²) in [6.45, 7) is 1.85. The van der Waals surface area contributed by atoms with E-state index in [4.69, 9.17) is 0 Å². The Kier molecular flexibility index (Phi) is 5.55. The second-order valence-corrected chi connectivity index (χ2v) is 7.95. The van der Waals surface area contributed by atoms with Gasteiger partial charge in [0.2, 0.25) is 5.91 Å². The van der Waals surface area contributed by atoms with Crippen LogP contribution in [0.2, 0.25) is 0 Å². The summed E-state index contributed by atoms with van der Waals surface area (Å²) < 4.78 is 27.8. The topological polar surface area (TPSA) is 49.4 Å². The van der Waals surface area contributed by atoms with Crippen molar-refractivity contribution in [1.29, 1.82) is 0 Å². The Morgan fingerprint density at radius 3 is 2.57 bits per heavy atom. The Bertz CT molecular complexity index is 1140. The lowest BCUT2D eigenvalue weighted by molar-refractivity contribution is -0.115. The van der Waals surface area contributed by atoms with Gasteiger partial charge in [0, 0.05) is 22.9 Å². The predicted octanol–water partition coefficient (Wildman–Crippen LogP) is 5.30. The maximum atomic E-state index is 14.4. The number of carbonyl (C=O) groups is 2. The quantitative estimate of drug-likeness (QED) is 0.618. The van der Waals surface area contributed by atoms with E-state index < -0.39 is 17.0 Å². The lowest BCUT2D eigenvalue weighted by Crippen LogP contribution is -2.29. The third-order valence-electron chi connectivity index (χ3n) is 4.90. The van der Waals surface area contributed by atoms with Gasteiger partial charge >= 0.3 is 0 Å². The maximum Gasteiger partial charge on any atom is 0.255 e. The molecule has 30 heavy (non-hydrogen) atoms. The van der Waals surface area contributed by atoms with Gasteiger partial charge < -0.3 is 5.32 Å². The average Bonchev–Trinajstić information content (AvgIpc) is 3.10. The molecule has 0 radical (unpaired) electrons. The van der Waals surface area contributed by atoms with E-state index in [9.17, 15) is 18.4 Å². The fraction of sp³-hybridized carbons (Fsp3) is 0.130. The number of nitrogens with zero attached hydrogens (tertiary/aromatic N) is 1. The van der Waals surface area contributed by atoms with Crippen molar-refractivity contribution in [3.05, 3.63) is 95.1 Å². The number of amides is 2. The van der Waals surface area contributed by atoms with Gasteiger partial charge in [-0.3, -0.25) is 14.5 Å². The van der Waals surface area contributed by atoms with Gasteiger partial charge in [-0.05, 0) is 36.8 Å². The molecule has 1 N–H and O–H groups in total. The molecule has 2 amide bonds. The van der Waals surface area contributed by atoms with E-state index in [2.05, 4.69) is 5.32 Å². The normalized spacial score (nSPS) is 16.0. The Labute approximate surface area is 176 Å². The first kappa shape index (κ1) is 20.1. The van der Waals surface area contributed by atoms with E-state index in [-0.39, 0.29) is 23.3 Å². The van der Waals surface area contributed by atoms with E-state index in [1.165, 1.54) is 22.7 Å². The molecular formula is C23H18F2N2O2S. The highest BCUT2D eigenvalue weighted by molar-refractivity contribution is 8.00. The number of anilines is 2. The molecule has 1 fully saturated rings. The van der Waals surface area contributed by atoms with E-state index >= 15 is 0 Å². The maximum absolute atomic E-state index is 14.4. The number of hydrogen-bond donors (Lipinski definition) is 1. The molecule has 4 rings (SSSR count). The first-order valence-corrected chi connectivity index (χ1v) is 10.3. The van der Waals surface area contributed by atoms with Crippen LogP contribution in [0.15, 0.2) is 66.7 Å². The number of aryl methyl sites for hydroxylation is 1. The molecule has 0 aromatic heterocycles. The first-order chi connectivity index (χ1) is 14.5. The second kappa shape index (κ2) is 8.28. The number of para-hydroxylation sites is 1. The van der Waals surface area contributed by atoms with E-state index in [1.54, 1.807) is 36.4 Å². The Morgan fingerprint density at radius 2 is 1.80 bits per heavy atom. The average molecular weight is 424 g/mol. The van der Waals surface area contributed by atoms with Crippen LogP contribution in [-0.2, 0) is 4.79 Å². The molecule has 0 saturated carbocycles. The predicted molar refractivity (Wildman–Crippen MR) is 115 cm³/mol. The molecule has 1 heterocycles. The summed E-state index contributed by atoms with van der Waals surface area (Å²) in [6, 6.07) is 17.5. The summed E-state index contributed by atoms with van der Waals surface area (Å²) in [5.74, 6) is -1.91. The van der Waals surface area contributed by atoms with Crippen LogP contribution in [0.4, 0.5) is 20.2 Å². The summed E-state index contributed by atoms with van der Waals surface area (Å²) in [7, 11) is 0. The molecule has 0 spiro atoms. The Hall–Kier alpha value is -3.19. The monoisotopic (exact) mass is 424 g/mol. The van der Waals surface area contributed by atoms with Crippen molar-refractivity contribution in [2.75, 3.05) is 16.0 Å². The first-order valence-electron chi connectivity index (χ1n) is 9.30. The summed E-state index contributed by atoms with van der Waals surface area (Å²) in [4.78, 5) is 26.7. The molecule has 152 valence electrons. The number of thioether (sulfide) groups is 1. The molecule has 3 aromatic carbocycles. The van der Waals surface area contributed by atoms with E-state index in [0.29, 0.717) is 16.8 Å².